The molecule has 0 heterocycles. The Morgan fingerprint density at radius 2 is 1.82 bits per heavy atom. The summed E-state index contributed by atoms with van der Waals surface area (Å²) >= 11 is 0. The minimum atomic E-state index is 0. The summed E-state index contributed by atoms with van der Waals surface area (Å²) in [4.78, 5) is 0. The van der Waals surface area contributed by atoms with E-state index >= 15 is 0 Å². The molecule has 11 heavy (non-hydrogen) atoms. The fourth-order valence-electron chi connectivity index (χ4n) is 0.680. The van der Waals surface area contributed by atoms with Gasteiger partial charge < -0.3 is 9.84 Å². The van der Waals surface area contributed by atoms with Crippen molar-refractivity contribution in [3.8, 4) is 5.75 Å². The summed E-state index contributed by atoms with van der Waals surface area (Å²) in [6.45, 7) is 0.429. The summed E-state index contributed by atoms with van der Waals surface area (Å²) in [5.41, 5.74) is 0. The summed E-state index contributed by atoms with van der Waals surface area (Å²) in [6.07, 6.45) is 0. The van der Waals surface area contributed by atoms with Gasteiger partial charge in [0.15, 0.2) is 0 Å². The molecule has 0 bridgehead atoms. The Morgan fingerprint density at radius 3 is 2.36 bits per heavy atom. The van der Waals surface area contributed by atoms with E-state index in [1.54, 1.807) is 0 Å². The van der Waals surface area contributed by atoms with Gasteiger partial charge in [0, 0.05) is 0 Å². The topological polar surface area (TPSA) is 29.5 Å². The first-order chi connectivity index (χ1) is 4.93. The predicted octanol–water partition coefficient (Wildman–Crippen LogP) is 0.520. The molecule has 1 N–H and O–H groups in total. The SMILES string of the molecule is OCCOc1ccccc1.[OsH2]. The third kappa shape index (κ3) is 4.13. The molecule has 2 nitrogen and oxygen atoms in total. The van der Waals surface area contributed by atoms with E-state index in [1.165, 1.54) is 0 Å². The van der Waals surface area contributed by atoms with Gasteiger partial charge >= 0.3 is 19.8 Å². The van der Waals surface area contributed by atoms with Crippen LogP contribution in [-0.2, 0) is 19.8 Å². The summed E-state index contributed by atoms with van der Waals surface area (Å²) in [7, 11) is 0. The van der Waals surface area contributed by atoms with Gasteiger partial charge in [0.25, 0.3) is 0 Å². The molecule has 64 valence electrons. The van der Waals surface area contributed by atoms with E-state index < -0.39 is 0 Å². The molecular weight excluding hydrogens is 318 g/mol. The molecule has 0 saturated carbocycles. The molecule has 0 amide bonds. The molecule has 0 unspecified atom stereocenters. The normalized spacial score (nSPS) is 8.45. The first-order valence-electron chi connectivity index (χ1n) is 3.22. The van der Waals surface area contributed by atoms with Crippen molar-refractivity contribution in [3.63, 3.8) is 0 Å². The van der Waals surface area contributed by atoms with E-state index in [9.17, 15) is 0 Å². The van der Waals surface area contributed by atoms with Gasteiger partial charge in [-0.25, -0.2) is 0 Å². The quantitative estimate of drug-likeness (QED) is 0.876. The number of rotatable bonds is 3. The van der Waals surface area contributed by atoms with Crippen LogP contribution in [0.15, 0.2) is 30.3 Å². The molecular formula is C8H12O2Os. The summed E-state index contributed by atoms with van der Waals surface area (Å²) in [6, 6.07) is 9.43. The van der Waals surface area contributed by atoms with Crippen LogP contribution in [0.3, 0.4) is 0 Å². The Balaban J connectivity index is 0.000001000. The molecule has 0 fully saturated rings. The van der Waals surface area contributed by atoms with Gasteiger partial charge in [0.2, 0.25) is 0 Å². The van der Waals surface area contributed by atoms with Crippen molar-refractivity contribution < 1.29 is 29.6 Å². The zero-order valence-electron chi connectivity index (χ0n) is 6.06. The van der Waals surface area contributed by atoms with Gasteiger partial charge in [-0.2, -0.15) is 0 Å². The standard InChI is InChI=1S/C8H10O2.Os.2H/c9-6-7-10-8-4-2-1-3-5-8;;;/h1-5,9H,6-7H2;;;. The average molecular weight is 330 g/mol. The first kappa shape index (κ1) is 10.6. The molecule has 0 saturated heterocycles. The Kier molecular flexibility index (Phi) is 6.11. The number of hydrogen-bond donors (Lipinski definition) is 1. The Labute approximate surface area is 79.2 Å². The van der Waals surface area contributed by atoms with Crippen LogP contribution in [0.2, 0.25) is 0 Å². The molecule has 0 aliphatic rings. The summed E-state index contributed by atoms with van der Waals surface area (Å²) < 4.78 is 5.11. The number of para-hydroxylation sites is 1. The number of aliphatic hydroxyl groups excluding tert-OH is 1. The van der Waals surface area contributed by atoms with Crippen molar-refractivity contribution in [3.05, 3.63) is 30.3 Å². The van der Waals surface area contributed by atoms with E-state index in [1.807, 2.05) is 30.3 Å². The van der Waals surface area contributed by atoms with Crippen molar-refractivity contribution in [1.29, 1.82) is 0 Å². The van der Waals surface area contributed by atoms with E-state index in [0.717, 1.165) is 5.75 Å². The Hall–Kier alpha value is -0.384. The number of ether oxygens (including phenoxy) is 1. The van der Waals surface area contributed by atoms with E-state index in [2.05, 4.69) is 0 Å². The molecule has 0 aliphatic heterocycles. The second kappa shape index (κ2) is 6.33. The van der Waals surface area contributed by atoms with E-state index in [-0.39, 0.29) is 26.4 Å². The van der Waals surface area contributed by atoms with Crippen LogP contribution in [0.1, 0.15) is 0 Å². The summed E-state index contributed by atoms with van der Waals surface area (Å²) in [5.74, 6) is 0.802. The number of benzene rings is 1. The molecule has 3 heteroatoms. The van der Waals surface area contributed by atoms with E-state index in [0.29, 0.717) is 6.61 Å². The molecule has 0 atom stereocenters. The van der Waals surface area contributed by atoms with Gasteiger partial charge in [-0.1, -0.05) is 18.2 Å². The van der Waals surface area contributed by atoms with E-state index in [4.69, 9.17) is 9.84 Å². The monoisotopic (exact) mass is 332 g/mol. The number of hydrogen-bond acceptors (Lipinski definition) is 2. The Bertz CT molecular complexity index is 177. The predicted molar refractivity (Wildman–Crippen MR) is 41.8 cm³/mol. The van der Waals surface area contributed by atoms with Crippen molar-refractivity contribution in [1.82, 2.24) is 0 Å². The van der Waals surface area contributed by atoms with Gasteiger partial charge in [-0.05, 0) is 12.1 Å². The molecule has 0 aliphatic carbocycles. The zero-order chi connectivity index (χ0) is 7.23. The van der Waals surface area contributed by atoms with Gasteiger partial charge in [-0.15, -0.1) is 0 Å². The first-order valence-corrected chi connectivity index (χ1v) is 3.22. The third-order valence-corrected chi connectivity index (χ3v) is 1.10. The van der Waals surface area contributed by atoms with Crippen LogP contribution in [0, 0.1) is 0 Å². The maximum absolute atomic E-state index is 8.40. The molecule has 1 aromatic carbocycles. The number of aliphatic hydroxyl groups is 1. The van der Waals surface area contributed by atoms with Crippen molar-refractivity contribution in [2.45, 2.75) is 0 Å². The zero-order valence-corrected chi connectivity index (χ0v) is 9.00. The van der Waals surface area contributed by atoms with Crippen LogP contribution in [0.25, 0.3) is 0 Å². The average Bonchev–Trinajstić information content (AvgIpc) is 2.03. The van der Waals surface area contributed by atoms with Crippen LogP contribution < -0.4 is 4.74 Å². The van der Waals surface area contributed by atoms with Crippen molar-refractivity contribution >= 4 is 0 Å². The summed E-state index contributed by atoms with van der Waals surface area (Å²) in [5, 5.41) is 8.40. The van der Waals surface area contributed by atoms with Gasteiger partial charge in [-0.3, -0.25) is 0 Å². The molecule has 1 aromatic rings. The second-order valence-electron chi connectivity index (χ2n) is 1.89. The van der Waals surface area contributed by atoms with Crippen molar-refractivity contribution in [2.75, 3.05) is 13.2 Å². The maximum atomic E-state index is 8.40. The Morgan fingerprint density at radius 1 is 1.18 bits per heavy atom. The van der Waals surface area contributed by atoms with Gasteiger partial charge in [0.1, 0.15) is 12.4 Å². The van der Waals surface area contributed by atoms with Crippen LogP contribution >= 0.6 is 0 Å². The van der Waals surface area contributed by atoms with Crippen LogP contribution in [0.4, 0.5) is 0 Å². The van der Waals surface area contributed by atoms with Crippen molar-refractivity contribution in [2.24, 2.45) is 0 Å². The molecule has 1 rings (SSSR count). The fourth-order valence-corrected chi connectivity index (χ4v) is 0.680. The molecule has 0 radical (unpaired) electrons. The van der Waals surface area contributed by atoms with Crippen LogP contribution in [-0.4, -0.2) is 18.3 Å². The van der Waals surface area contributed by atoms with Gasteiger partial charge in [0.05, 0.1) is 6.61 Å². The van der Waals surface area contributed by atoms with Crippen LogP contribution in [0.5, 0.6) is 5.75 Å². The third-order valence-electron chi connectivity index (χ3n) is 1.10. The molecule has 0 aromatic heterocycles. The fraction of sp³-hybridized carbons (Fsp3) is 0.250. The second-order valence-corrected chi connectivity index (χ2v) is 1.89. The minimum absolute atomic E-state index is 0. The molecule has 0 spiro atoms.